The minimum Gasteiger partial charge on any atom is -0.292 e. The van der Waals surface area contributed by atoms with E-state index in [2.05, 4.69) is 230 Å². The highest BCUT2D eigenvalue weighted by Crippen LogP contribution is 2.48. The van der Waals surface area contributed by atoms with E-state index in [1.807, 2.05) is 0 Å². The van der Waals surface area contributed by atoms with Crippen LogP contribution in [0.4, 0.5) is 0 Å². The van der Waals surface area contributed by atoms with Crippen molar-refractivity contribution < 1.29 is 0 Å². The van der Waals surface area contributed by atoms with Crippen LogP contribution < -0.4 is 0 Å². The standard InChI is InChI=1S/C60H42N2/c1-39-18-16-25-45(38-39)62-59-56(42-22-6-3-7-23-42)51-30-13-12-29-50(51)55(41-20-4-2-5-21-41)58(59)61-60(62)44-36-34-43(35-37-44)54-48-27-10-14-31-52(48)57(53-32-15-11-28-49(53)54)47-33-17-24-40-19-8-9-26-46(40)47/h2-17,19-39H,18H2,1H3. The maximum absolute atomic E-state index is 5.76. The monoisotopic (exact) mass is 790 g/mol. The molecule has 10 aromatic carbocycles. The van der Waals surface area contributed by atoms with Gasteiger partial charge >= 0.3 is 0 Å². The Hall–Kier alpha value is -7.81. The van der Waals surface area contributed by atoms with Gasteiger partial charge in [-0.2, -0.15) is 0 Å². The van der Waals surface area contributed by atoms with Crippen molar-refractivity contribution in [3.63, 3.8) is 0 Å². The third-order valence-electron chi connectivity index (χ3n) is 12.9. The van der Waals surface area contributed by atoms with Gasteiger partial charge in [0.25, 0.3) is 0 Å². The van der Waals surface area contributed by atoms with Gasteiger partial charge in [0, 0.05) is 22.4 Å². The first-order chi connectivity index (χ1) is 30.7. The van der Waals surface area contributed by atoms with Crippen LogP contribution in [0, 0.1) is 5.92 Å². The third kappa shape index (κ3) is 5.75. The van der Waals surface area contributed by atoms with Gasteiger partial charge in [-0.3, -0.25) is 4.57 Å². The van der Waals surface area contributed by atoms with Gasteiger partial charge in [0.05, 0.1) is 11.0 Å². The van der Waals surface area contributed by atoms with Crippen LogP contribution in [0.15, 0.2) is 218 Å². The quantitative estimate of drug-likeness (QED) is 0.153. The highest BCUT2D eigenvalue weighted by molar-refractivity contribution is 6.24. The zero-order valence-electron chi connectivity index (χ0n) is 34.5. The van der Waals surface area contributed by atoms with Crippen LogP contribution in [-0.4, -0.2) is 9.55 Å². The molecule has 2 heteroatoms. The van der Waals surface area contributed by atoms with Gasteiger partial charge in [-0.05, 0) is 94.9 Å². The van der Waals surface area contributed by atoms with Gasteiger partial charge in [-0.25, -0.2) is 4.98 Å². The maximum atomic E-state index is 5.76. The molecule has 0 amide bonds. The molecule has 62 heavy (non-hydrogen) atoms. The Balaban J connectivity index is 1.13. The molecule has 0 N–H and O–H groups in total. The van der Waals surface area contributed by atoms with Crippen LogP contribution in [-0.2, 0) is 0 Å². The molecule has 0 saturated heterocycles. The molecular formula is C60H42N2. The zero-order chi connectivity index (χ0) is 41.1. The lowest BCUT2D eigenvalue weighted by molar-refractivity contribution is 0.734. The molecule has 0 saturated carbocycles. The van der Waals surface area contributed by atoms with Crippen molar-refractivity contribution in [2.45, 2.75) is 13.3 Å². The molecule has 1 heterocycles. The number of aromatic nitrogens is 2. The molecular weight excluding hydrogens is 749 g/mol. The van der Waals surface area contributed by atoms with Crippen molar-refractivity contribution in [1.82, 2.24) is 9.55 Å². The van der Waals surface area contributed by atoms with E-state index in [9.17, 15) is 0 Å². The summed E-state index contributed by atoms with van der Waals surface area (Å²) in [5.41, 5.74) is 14.0. The van der Waals surface area contributed by atoms with Crippen molar-refractivity contribution in [2.75, 3.05) is 0 Å². The first kappa shape index (κ1) is 36.1. The smallest absolute Gasteiger partial charge is 0.145 e. The molecule has 11 aromatic rings. The van der Waals surface area contributed by atoms with Gasteiger partial charge in [-0.1, -0.05) is 219 Å². The molecule has 0 radical (unpaired) electrons. The molecule has 0 spiro atoms. The summed E-state index contributed by atoms with van der Waals surface area (Å²) in [5, 5.41) is 9.92. The fourth-order valence-electron chi connectivity index (χ4n) is 10.2. The Morgan fingerprint density at radius 1 is 0.419 bits per heavy atom. The minimum absolute atomic E-state index is 0.398. The summed E-state index contributed by atoms with van der Waals surface area (Å²) in [6.07, 6.45) is 8.05. The van der Waals surface area contributed by atoms with Crippen molar-refractivity contribution in [2.24, 2.45) is 5.92 Å². The van der Waals surface area contributed by atoms with Crippen LogP contribution in [0.5, 0.6) is 0 Å². The van der Waals surface area contributed by atoms with Gasteiger partial charge in [0.2, 0.25) is 0 Å². The lowest BCUT2D eigenvalue weighted by Gasteiger charge is -2.20. The van der Waals surface area contributed by atoms with Crippen LogP contribution in [0.1, 0.15) is 13.3 Å². The summed E-state index contributed by atoms with van der Waals surface area (Å²) in [6, 6.07) is 73.0. The molecule has 2 nitrogen and oxygen atoms in total. The second kappa shape index (κ2) is 14.7. The van der Waals surface area contributed by atoms with Crippen molar-refractivity contribution in [1.29, 1.82) is 0 Å². The second-order valence-electron chi connectivity index (χ2n) is 16.6. The summed E-state index contributed by atoms with van der Waals surface area (Å²) >= 11 is 0. The van der Waals surface area contributed by atoms with Gasteiger partial charge in [-0.15, -0.1) is 0 Å². The van der Waals surface area contributed by atoms with E-state index < -0.39 is 0 Å². The van der Waals surface area contributed by atoms with E-state index >= 15 is 0 Å². The predicted molar refractivity (Wildman–Crippen MR) is 264 cm³/mol. The number of hydrogen-bond donors (Lipinski definition) is 0. The third-order valence-corrected chi connectivity index (χ3v) is 12.9. The first-order valence-electron chi connectivity index (χ1n) is 21.7. The molecule has 1 unspecified atom stereocenters. The molecule has 1 aliphatic carbocycles. The number of benzene rings is 10. The molecule has 0 bridgehead atoms. The minimum atomic E-state index is 0.398. The topological polar surface area (TPSA) is 17.8 Å². The fraction of sp³-hybridized carbons (Fsp3) is 0.0500. The lowest BCUT2D eigenvalue weighted by Crippen LogP contribution is -2.05. The Morgan fingerprint density at radius 2 is 0.887 bits per heavy atom. The summed E-state index contributed by atoms with van der Waals surface area (Å²) in [5.74, 6) is 1.33. The van der Waals surface area contributed by atoms with Crippen LogP contribution in [0.3, 0.4) is 0 Å². The first-order valence-corrected chi connectivity index (χ1v) is 21.7. The molecule has 1 aliphatic rings. The molecule has 12 rings (SSSR count). The van der Waals surface area contributed by atoms with Crippen LogP contribution in [0.2, 0.25) is 0 Å². The number of hydrogen-bond acceptors (Lipinski definition) is 1. The summed E-state index contributed by atoms with van der Waals surface area (Å²) in [7, 11) is 0. The van der Waals surface area contributed by atoms with E-state index in [1.165, 1.54) is 76.5 Å². The average Bonchev–Trinajstić information content (AvgIpc) is 3.73. The maximum Gasteiger partial charge on any atom is 0.145 e. The van der Waals surface area contributed by atoms with E-state index in [0.29, 0.717) is 5.92 Å². The molecule has 1 aromatic heterocycles. The predicted octanol–water partition coefficient (Wildman–Crippen LogP) is 16.4. The number of fused-ring (bicyclic) bond motifs is 5. The van der Waals surface area contributed by atoms with Crippen molar-refractivity contribution in [3.8, 4) is 55.9 Å². The normalized spacial score (nSPS) is 14.0. The van der Waals surface area contributed by atoms with Crippen LogP contribution >= 0.6 is 0 Å². The fourth-order valence-corrected chi connectivity index (χ4v) is 10.2. The van der Waals surface area contributed by atoms with E-state index in [-0.39, 0.29) is 0 Å². The molecule has 292 valence electrons. The molecule has 0 fully saturated rings. The highest BCUT2D eigenvalue weighted by atomic mass is 15.1. The lowest BCUT2D eigenvalue weighted by atomic mass is 9.84. The van der Waals surface area contributed by atoms with E-state index in [4.69, 9.17) is 4.98 Å². The number of rotatable bonds is 6. The average molecular weight is 791 g/mol. The number of nitrogens with zero attached hydrogens (tertiary/aromatic N) is 2. The second-order valence-corrected chi connectivity index (χ2v) is 16.6. The van der Waals surface area contributed by atoms with Crippen LogP contribution in [0.25, 0.3) is 116 Å². The summed E-state index contributed by atoms with van der Waals surface area (Å²) in [6.45, 7) is 2.31. The van der Waals surface area contributed by atoms with Crippen molar-refractivity contribution >= 4 is 59.8 Å². The SMILES string of the molecule is CC1C=C(n2c(-c3ccc(-c4c5ccccc5c(-c5cccc6ccccc56)c5ccccc45)cc3)nc3c(-c4ccccc4)c4ccccc4c(-c4ccccc4)c32)C=CC1. The number of allylic oxidation sites excluding steroid dienone is 4. The van der Waals surface area contributed by atoms with Crippen molar-refractivity contribution in [3.05, 3.63) is 218 Å². The van der Waals surface area contributed by atoms with Gasteiger partial charge in [0.15, 0.2) is 0 Å². The Bertz CT molecular complexity index is 3530. The van der Waals surface area contributed by atoms with E-state index in [1.54, 1.807) is 0 Å². The highest BCUT2D eigenvalue weighted by Gasteiger charge is 2.26. The Kier molecular flexibility index (Phi) is 8.57. The largest absolute Gasteiger partial charge is 0.292 e. The van der Waals surface area contributed by atoms with Gasteiger partial charge in [0.1, 0.15) is 5.82 Å². The zero-order valence-corrected chi connectivity index (χ0v) is 34.5. The molecule has 1 atom stereocenters. The Labute approximate surface area is 361 Å². The summed E-state index contributed by atoms with van der Waals surface area (Å²) in [4.78, 5) is 5.76. The summed E-state index contributed by atoms with van der Waals surface area (Å²) < 4.78 is 2.45. The Morgan fingerprint density at radius 3 is 1.50 bits per heavy atom. The molecule has 0 aliphatic heterocycles. The number of imidazole rings is 1. The van der Waals surface area contributed by atoms with E-state index in [0.717, 1.165) is 45.7 Å². The van der Waals surface area contributed by atoms with Gasteiger partial charge < -0.3 is 0 Å².